The van der Waals surface area contributed by atoms with Crippen LogP contribution in [0.3, 0.4) is 0 Å². The smallest absolute Gasteiger partial charge is 0.226 e. The molecular weight excluding hydrogens is 364 g/mol. The number of aromatic nitrogens is 1. The number of hydrogen-bond donors (Lipinski definition) is 0. The second-order valence-corrected chi connectivity index (χ2v) is 9.70. The molecule has 1 amide bonds. The number of carbonyl (C=O) groups is 1. The number of hydrogen-bond acceptors (Lipinski definition) is 5. The summed E-state index contributed by atoms with van der Waals surface area (Å²) in [6.45, 7) is 1.08. The van der Waals surface area contributed by atoms with Gasteiger partial charge in [-0.1, -0.05) is 30.3 Å². The number of sulfone groups is 1. The monoisotopic (exact) mass is 388 g/mol. The van der Waals surface area contributed by atoms with E-state index in [2.05, 4.69) is 17.1 Å². The Morgan fingerprint density at radius 3 is 2.63 bits per heavy atom. The van der Waals surface area contributed by atoms with E-state index in [0.717, 1.165) is 30.2 Å². The molecule has 1 aromatic heterocycles. The molecule has 0 N–H and O–H groups in total. The fourth-order valence-electron chi connectivity index (χ4n) is 3.84. The predicted molar refractivity (Wildman–Crippen MR) is 101 cm³/mol. The van der Waals surface area contributed by atoms with Crippen LogP contribution < -0.4 is 0 Å². The van der Waals surface area contributed by atoms with Crippen LogP contribution in [-0.4, -0.2) is 42.3 Å². The maximum Gasteiger partial charge on any atom is 0.226 e. The van der Waals surface area contributed by atoms with E-state index in [1.165, 1.54) is 5.56 Å². The van der Waals surface area contributed by atoms with E-state index in [4.69, 9.17) is 4.42 Å². The van der Waals surface area contributed by atoms with Gasteiger partial charge >= 0.3 is 0 Å². The lowest BCUT2D eigenvalue weighted by Gasteiger charge is -2.30. The molecule has 7 heteroatoms. The fourth-order valence-corrected chi connectivity index (χ4v) is 5.33. The normalized spacial score (nSPS) is 19.6. The number of nitrogens with zero attached hydrogens (tertiary/aromatic N) is 2. The van der Waals surface area contributed by atoms with Crippen molar-refractivity contribution in [2.24, 2.45) is 5.92 Å². The molecule has 1 saturated heterocycles. The Hall–Kier alpha value is -2.15. The van der Waals surface area contributed by atoms with E-state index in [1.807, 2.05) is 23.1 Å². The number of oxazole rings is 1. The molecule has 2 aliphatic heterocycles. The van der Waals surface area contributed by atoms with E-state index in [0.29, 0.717) is 32.4 Å². The van der Waals surface area contributed by atoms with Crippen LogP contribution in [0.25, 0.3) is 0 Å². The Labute approximate surface area is 159 Å². The van der Waals surface area contributed by atoms with Crippen molar-refractivity contribution in [3.05, 3.63) is 53.2 Å². The van der Waals surface area contributed by atoms with Gasteiger partial charge in [-0.2, -0.15) is 0 Å². The van der Waals surface area contributed by atoms with Gasteiger partial charge < -0.3 is 9.32 Å². The lowest BCUT2D eigenvalue weighted by atomic mass is 10.00. The van der Waals surface area contributed by atoms with Crippen molar-refractivity contribution in [1.29, 1.82) is 0 Å². The average Bonchev–Trinajstić information content (AvgIpc) is 3.09. The van der Waals surface area contributed by atoms with Gasteiger partial charge in [-0.05, 0) is 24.8 Å². The number of amides is 1. The fraction of sp³-hybridized carbons (Fsp3) is 0.500. The quantitative estimate of drug-likeness (QED) is 0.802. The Kier molecular flexibility index (Phi) is 5.04. The molecule has 27 heavy (non-hydrogen) atoms. The second-order valence-electron chi connectivity index (χ2n) is 7.40. The van der Waals surface area contributed by atoms with Crippen molar-refractivity contribution in [3.63, 3.8) is 0 Å². The molecule has 0 unspecified atom stereocenters. The Bertz CT molecular complexity index is 907. The molecule has 144 valence electrons. The molecule has 6 nitrogen and oxygen atoms in total. The van der Waals surface area contributed by atoms with Crippen LogP contribution >= 0.6 is 0 Å². The van der Waals surface area contributed by atoms with E-state index < -0.39 is 9.84 Å². The van der Waals surface area contributed by atoms with Gasteiger partial charge in [0.25, 0.3) is 0 Å². The van der Waals surface area contributed by atoms with Gasteiger partial charge in [0.15, 0.2) is 5.89 Å². The van der Waals surface area contributed by atoms with Crippen molar-refractivity contribution in [1.82, 2.24) is 9.88 Å². The summed E-state index contributed by atoms with van der Waals surface area (Å²) in [5.41, 5.74) is 2.10. The molecule has 0 radical (unpaired) electrons. The first kappa shape index (κ1) is 18.2. The second kappa shape index (κ2) is 7.46. The van der Waals surface area contributed by atoms with Crippen LogP contribution in [0.4, 0.5) is 0 Å². The maximum absolute atomic E-state index is 12.8. The van der Waals surface area contributed by atoms with Crippen molar-refractivity contribution in [3.8, 4) is 0 Å². The van der Waals surface area contributed by atoms with E-state index in [9.17, 15) is 13.2 Å². The maximum atomic E-state index is 12.8. The van der Waals surface area contributed by atoms with Crippen molar-refractivity contribution >= 4 is 15.7 Å². The number of benzene rings is 1. The van der Waals surface area contributed by atoms with Gasteiger partial charge in [0.1, 0.15) is 21.3 Å². The standard InChI is InChI=1S/C20H24N2O4S/c23-20(16-9-12-27(24,25)13-10-16)22-11-8-18-17(14-22)21-19(26-18)7-6-15-4-2-1-3-5-15/h1-5,16H,6-14H2. The third kappa shape index (κ3) is 4.24. The lowest BCUT2D eigenvalue weighted by molar-refractivity contribution is -0.136. The first-order chi connectivity index (χ1) is 13.0. The highest BCUT2D eigenvalue weighted by molar-refractivity contribution is 7.91. The highest BCUT2D eigenvalue weighted by Gasteiger charge is 2.33. The summed E-state index contributed by atoms with van der Waals surface area (Å²) >= 11 is 0. The molecule has 1 aromatic carbocycles. The Morgan fingerprint density at radius 2 is 1.89 bits per heavy atom. The zero-order valence-corrected chi connectivity index (χ0v) is 16.1. The number of aryl methyl sites for hydroxylation is 2. The third-order valence-corrected chi connectivity index (χ3v) is 7.17. The summed E-state index contributed by atoms with van der Waals surface area (Å²) in [6, 6.07) is 10.2. The van der Waals surface area contributed by atoms with Crippen molar-refractivity contribution in [2.45, 2.75) is 38.6 Å². The minimum Gasteiger partial charge on any atom is -0.445 e. The number of fused-ring (bicyclic) bond motifs is 1. The lowest BCUT2D eigenvalue weighted by Crippen LogP contribution is -2.42. The highest BCUT2D eigenvalue weighted by atomic mass is 32.2. The summed E-state index contributed by atoms with van der Waals surface area (Å²) in [4.78, 5) is 19.2. The van der Waals surface area contributed by atoms with Crippen LogP contribution in [0.2, 0.25) is 0 Å². The predicted octanol–water partition coefficient (Wildman–Crippen LogP) is 2.17. The highest BCUT2D eigenvalue weighted by Crippen LogP contribution is 2.26. The largest absolute Gasteiger partial charge is 0.445 e. The van der Waals surface area contributed by atoms with Gasteiger partial charge in [0, 0.05) is 25.3 Å². The van der Waals surface area contributed by atoms with Crippen molar-refractivity contribution < 1.29 is 17.6 Å². The number of rotatable bonds is 4. The molecule has 3 heterocycles. The van der Waals surface area contributed by atoms with Gasteiger partial charge in [-0.15, -0.1) is 0 Å². The van der Waals surface area contributed by atoms with Gasteiger partial charge in [-0.3, -0.25) is 4.79 Å². The topological polar surface area (TPSA) is 80.5 Å². The summed E-state index contributed by atoms with van der Waals surface area (Å²) in [5.74, 6) is 1.73. The first-order valence-corrected chi connectivity index (χ1v) is 11.3. The Morgan fingerprint density at radius 1 is 1.15 bits per heavy atom. The van der Waals surface area contributed by atoms with Gasteiger partial charge in [0.2, 0.25) is 5.91 Å². The summed E-state index contributed by atoms with van der Waals surface area (Å²) in [6.07, 6.45) is 3.16. The average molecular weight is 388 g/mol. The molecule has 0 saturated carbocycles. The van der Waals surface area contributed by atoms with E-state index in [-0.39, 0.29) is 23.3 Å². The van der Waals surface area contributed by atoms with Gasteiger partial charge in [0.05, 0.1) is 18.1 Å². The molecular formula is C20H24N2O4S. The van der Waals surface area contributed by atoms with Crippen LogP contribution in [0.15, 0.2) is 34.7 Å². The molecule has 4 rings (SSSR count). The molecule has 0 atom stereocenters. The van der Waals surface area contributed by atoms with Crippen LogP contribution in [0.5, 0.6) is 0 Å². The van der Waals surface area contributed by atoms with E-state index >= 15 is 0 Å². The molecule has 2 aliphatic rings. The zero-order chi connectivity index (χ0) is 18.9. The summed E-state index contributed by atoms with van der Waals surface area (Å²) < 4.78 is 29.1. The molecule has 0 aliphatic carbocycles. The van der Waals surface area contributed by atoms with Crippen molar-refractivity contribution in [2.75, 3.05) is 18.1 Å². The minimum atomic E-state index is -2.95. The summed E-state index contributed by atoms with van der Waals surface area (Å²) in [7, 11) is -2.95. The molecule has 0 spiro atoms. The summed E-state index contributed by atoms with van der Waals surface area (Å²) in [5, 5.41) is 0. The first-order valence-electron chi connectivity index (χ1n) is 9.51. The Balaban J connectivity index is 1.37. The zero-order valence-electron chi connectivity index (χ0n) is 15.3. The minimum absolute atomic E-state index is 0.0596. The van der Waals surface area contributed by atoms with Gasteiger partial charge in [-0.25, -0.2) is 13.4 Å². The van der Waals surface area contributed by atoms with Crippen LogP contribution in [-0.2, 0) is 40.4 Å². The molecule has 1 fully saturated rings. The SMILES string of the molecule is O=C(C1CCS(=O)(=O)CC1)N1CCc2oc(CCc3ccccc3)nc2C1. The third-order valence-electron chi connectivity index (χ3n) is 5.46. The number of carbonyl (C=O) groups excluding carboxylic acids is 1. The van der Waals surface area contributed by atoms with Crippen LogP contribution in [0, 0.1) is 5.92 Å². The van der Waals surface area contributed by atoms with E-state index in [1.54, 1.807) is 0 Å². The molecule has 0 bridgehead atoms. The molecule has 2 aromatic rings. The van der Waals surface area contributed by atoms with Crippen LogP contribution in [0.1, 0.15) is 35.7 Å².